The lowest BCUT2D eigenvalue weighted by Crippen LogP contribution is -2.53. The summed E-state index contributed by atoms with van der Waals surface area (Å²) >= 11 is 1.53. The number of H-pyrrole nitrogens is 1. The SMILES string of the molecule is Cc1[nH]ncc1C1=CC=C2N=C(C3Cc4ccccc4CN3)NC(=O)C2S1. The van der Waals surface area contributed by atoms with Crippen molar-refractivity contribution in [1.82, 2.24) is 20.8 Å². The number of amides is 1. The van der Waals surface area contributed by atoms with Crippen LogP contribution in [0.15, 0.2) is 53.3 Å². The van der Waals surface area contributed by atoms with Crippen LogP contribution >= 0.6 is 11.8 Å². The first kappa shape index (κ1) is 16.5. The van der Waals surface area contributed by atoms with E-state index in [4.69, 9.17) is 4.99 Å². The van der Waals surface area contributed by atoms with Crippen molar-refractivity contribution in [3.8, 4) is 0 Å². The number of aromatic amines is 1. The van der Waals surface area contributed by atoms with E-state index in [1.54, 1.807) is 6.20 Å². The maximum Gasteiger partial charge on any atom is 0.244 e. The maximum absolute atomic E-state index is 12.8. The molecule has 2 atom stereocenters. The van der Waals surface area contributed by atoms with Crippen LogP contribution in [0.5, 0.6) is 0 Å². The molecule has 27 heavy (non-hydrogen) atoms. The first-order chi connectivity index (χ1) is 13.2. The molecular formula is C20H19N5OS. The number of rotatable bonds is 2. The van der Waals surface area contributed by atoms with Crippen molar-refractivity contribution in [2.24, 2.45) is 4.99 Å². The van der Waals surface area contributed by atoms with E-state index in [2.05, 4.69) is 45.1 Å². The Hall–Kier alpha value is -2.64. The summed E-state index contributed by atoms with van der Waals surface area (Å²) in [6.07, 6.45) is 6.61. The van der Waals surface area contributed by atoms with Crippen molar-refractivity contribution in [3.05, 3.63) is 70.7 Å². The third-order valence-corrected chi connectivity index (χ3v) is 6.47. The molecule has 6 nitrogen and oxygen atoms in total. The Morgan fingerprint density at radius 2 is 2.04 bits per heavy atom. The average Bonchev–Trinajstić information content (AvgIpc) is 3.13. The average molecular weight is 377 g/mol. The zero-order chi connectivity index (χ0) is 18.4. The molecule has 0 fully saturated rings. The van der Waals surface area contributed by atoms with Crippen LogP contribution in [0, 0.1) is 6.92 Å². The Morgan fingerprint density at radius 3 is 2.85 bits per heavy atom. The number of fused-ring (bicyclic) bond motifs is 2. The van der Waals surface area contributed by atoms with E-state index in [9.17, 15) is 4.79 Å². The molecule has 136 valence electrons. The summed E-state index contributed by atoms with van der Waals surface area (Å²) in [6.45, 7) is 2.77. The largest absolute Gasteiger partial charge is 0.312 e. The molecule has 0 radical (unpaired) electrons. The van der Waals surface area contributed by atoms with Gasteiger partial charge in [-0.25, -0.2) is 4.99 Å². The summed E-state index contributed by atoms with van der Waals surface area (Å²) in [6, 6.07) is 8.43. The predicted octanol–water partition coefficient (Wildman–Crippen LogP) is 2.30. The summed E-state index contributed by atoms with van der Waals surface area (Å²) in [5.41, 5.74) is 5.46. The molecule has 1 aromatic carbocycles. The van der Waals surface area contributed by atoms with E-state index in [1.807, 2.05) is 19.1 Å². The highest BCUT2D eigenvalue weighted by Crippen LogP contribution is 2.40. The maximum atomic E-state index is 12.8. The number of hydrogen-bond donors (Lipinski definition) is 3. The molecule has 1 aromatic heterocycles. The number of thioether (sulfide) groups is 1. The number of carbonyl (C=O) groups excluding carboxylic acids is 1. The van der Waals surface area contributed by atoms with Crippen LogP contribution in [0.4, 0.5) is 0 Å². The summed E-state index contributed by atoms with van der Waals surface area (Å²) in [5, 5.41) is 13.2. The van der Waals surface area contributed by atoms with Gasteiger partial charge >= 0.3 is 0 Å². The Kier molecular flexibility index (Phi) is 3.98. The van der Waals surface area contributed by atoms with Gasteiger partial charge in [0.2, 0.25) is 5.91 Å². The molecule has 1 amide bonds. The van der Waals surface area contributed by atoms with Gasteiger partial charge in [0.25, 0.3) is 0 Å². The van der Waals surface area contributed by atoms with E-state index in [0.29, 0.717) is 5.84 Å². The van der Waals surface area contributed by atoms with Crippen molar-refractivity contribution < 1.29 is 4.79 Å². The minimum atomic E-state index is -0.320. The molecule has 2 aromatic rings. The summed E-state index contributed by atoms with van der Waals surface area (Å²) in [4.78, 5) is 18.6. The fourth-order valence-electron chi connectivity index (χ4n) is 3.68. The van der Waals surface area contributed by atoms with Crippen LogP contribution < -0.4 is 10.6 Å². The predicted molar refractivity (Wildman–Crippen MR) is 107 cm³/mol. The van der Waals surface area contributed by atoms with E-state index in [0.717, 1.165) is 34.8 Å². The molecule has 7 heteroatoms. The molecule has 0 spiro atoms. The van der Waals surface area contributed by atoms with Crippen molar-refractivity contribution in [3.63, 3.8) is 0 Å². The Bertz CT molecular complexity index is 1020. The fourth-order valence-corrected chi connectivity index (χ4v) is 4.83. The number of amidine groups is 1. The van der Waals surface area contributed by atoms with Crippen LogP contribution in [0.3, 0.4) is 0 Å². The van der Waals surface area contributed by atoms with Gasteiger partial charge < -0.3 is 10.6 Å². The second-order valence-corrected chi connectivity index (χ2v) is 8.07. The Morgan fingerprint density at radius 1 is 1.19 bits per heavy atom. The summed E-state index contributed by atoms with van der Waals surface area (Å²) in [5.74, 6) is 0.706. The zero-order valence-electron chi connectivity index (χ0n) is 14.8. The minimum Gasteiger partial charge on any atom is -0.312 e. The molecule has 0 aliphatic carbocycles. The number of carbonyl (C=O) groups is 1. The van der Waals surface area contributed by atoms with Gasteiger partial charge in [0.05, 0.1) is 17.9 Å². The van der Waals surface area contributed by atoms with Crippen molar-refractivity contribution in [1.29, 1.82) is 0 Å². The third-order valence-electron chi connectivity index (χ3n) is 5.16. The Balaban J connectivity index is 1.44. The van der Waals surface area contributed by atoms with E-state index >= 15 is 0 Å². The second kappa shape index (κ2) is 6.51. The molecule has 2 unspecified atom stereocenters. The molecule has 3 aliphatic rings. The quantitative estimate of drug-likeness (QED) is 0.750. The van der Waals surface area contributed by atoms with Gasteiger partial charge in [-0.15, -0.1) is 11.8 Å². The molecule has 3 aliphatic heterocycles. The highest BCUT2D eigenvalue weighted by molar-refractivity contribution is 8.09. The van der Waals surface area contributed by atoms with E-state index in [1.165, 1.54) is 22.9 Å². The smallest absolute Gasteiger partial charge is 0.244 e. The molecule has 0 saturated heterocycles. The van der Waals surface area contributed by atoms with Crippen LogP contribution in [-0.2, 0) is 17.8 Å². The van der Waals surface area contributed by atoms with Crippen LogP contribution in [0.2, 0.25) is 0 Å². The van der Waals surface area contributed by atoms with Gasteiger partial charge in [-0.2, -0.15) is 5.10 Å². The van der Waals surface area contributed by atoms with E-state index in [-0.39, 0.29) is 17.2 Å². The number of aliphatic imine (C=N–C) groups is 1. The van der Waals surface area contributed by atoms with Crippen molar-refractivity contribution in [2.45, 2.75) is 31.2 Å². The number of aromatic nitrogens is 2. The minimum absolute atomic E-state index is 0.0105. The van der Waals surface area contributed by atoms with Gasteiger partial charge in [0.1, 0.15) is 11.1 Å². The standard InChI is InChI=1S/C20H19N5OS/c1-11-14(10-22-25-11)17-7-6-15-18(27-17)20(26)24-19(23-15)16-8-12-4-2-3-5-13(12)9-21-16/h2-7,10,16,18,21H,8-9H2,1H3,(H,22,25)(H,23,24,26). The number of allylic oxidation sites excluding steroid dienone is 2. The molecule has 4 heterocycles. The topological polar surface area (TPSA) is 82.2 Å². The van der Waals surface area contributed by atoms with Crippen LogP contribution in [0.1, 0.15) is 22.4 Å². The molecule has 0 bridgehead atoms. The van der Waals surface area contributed by atoms with Crippen LogP contribution in [0.25, 0.3) is 4.91 Å². The lowest BCUT2D eigenvalue weighted by Gasteiger charge is -2.32. The fraction of sp³-hybridized carbons (Fsp3) is 0.250. The van der Waals surface area contributed by atoms with Gasteiger partial charge in [-0.3, -0.25) is 9.89 Å². The zero-order valence-corrected chi connectivity index (χ0v) is 15.6. The van der Waals surface area contributed by atoms with Crippen molar-refractivity contribution in [2.75, 3.05) is 0 Å². The number of nitrogens with zero attached hydrogens (tertiary/aromatic N) is 2. The summed E-state index contributed by atoms with van der Waals surface area (Å²) < 4.78 is 0. The number of hydrogen-bond acceptors (Lipinski definition) is 5. The number of nitrogens with one attached hydrogen (secondary N) is 3. The molecule has 5 rings (SSSR count). The lowest BCUT2D eigenvalue weighted by atomic mass is 9.95. The van der Waals surface area contributed by atoms with Gasteiger partial charge in [-0.1, -0.05) is 24.3 Å². The van der Waals surface area contributed by atoms with Crippen molar-refractivity contribution >= 4 is 28.4 Å². The number of aryl methyl sites for hydroxylation is 1. The van der Waals surface area contributed by atoms with Crippen LogP contribution in [-0.4, -0.2) is 33.2 Å². The second-order valence-electron chi connectivity index (χ2n) is 6.92. The normalized spacial score (nSPS) is 24.2. The highest BCUT2D eigenvalue weighted by atomic mass is 32.2. The number of benzene rings is 1. The lowest BCUT2D eigenvalue weighted by molar-refractivity contribution is -0.118. The van der Waals surface area contributed by atoms with E-state index < -0.39 is 0 Å². The molecular weight excluding hydrogens is 358 g/mol. The Labute approximate surface area is 161 Å². The summed E-state index contributed by atoms with van der Waals surface area (Å²) in [7, 11) is 0. The monoisotopic (exact) mass is 377 g/mol. The van der Waals surface area contributed by atoms with Gasteiger partial charge in [-0.05, 0) is 36.6 Å². The highest BCUT2D eigenvalue weighted by Gasteiger charge is 2.35. The van der Waals surface area contributed by atoms with Gasteiger partial charge in [0, 0.05) is 22.7 Å². The molecule has 3 N–H and O–H groups in total. The first-order valence-corrected chi connectivity index (χ1v) is 9.85. The third kappa shape index (κ3) is 2.93. The van der Waals surface area contributed by atoms with Gasteiger partial charge in [0.15, 0.2) is 0 Å². The first-order valence-electron chi connectivity index (χ1n) is 8.97. The molecule has 0 saturated carbocycles.